The van der Waals surface area contributed by atoms with E-state index in [-0.39, 0.29) is 61.3 Å². The van der Waals surface area contributed by atoms with E-state index in [1.165, 1.54) is 11.8 Å². The summed E-state index contributed by atoms with van der Waals surface area (Å²) in [6, 6.07) is -1.74. The normalized spacial score (nSPS) is 21.8. The number of aliphatic hydroxyl groups excluding tert-OH is 5. The van der Waals surface area contributed by atoms with Gasteiger partial charge in [-0.3, -0.25) is 40.6 Å². The minimum absolute atomic E-state index is 0.0467. The Hall–Kier alpha value is -2.77. The smallest absolute Gasteiger partial charge is 0.330 e. The molecule has 3 aliphatic rings. The second kappa shape index (κ2) is 55.3. The monoisotopic (exact) mass is 1350 g/mol. The van der Waals surface area contributed by atoms with Crippen molar-refractivity contribution < 1.29 is 111 Å². The van der Waals surface area contributed by atoms with Crippen LogP contribution >= 0.6 is 11.8 Å². The summed E-state index contributed by atoms with van der Waals surface area (Å²) in [5.41, 5.74) is 16.4. The molecule has 3 rings (SSSR count). The number of primary amides is 1. The fraction of sp³-hybridized carbons (Fsp3) is 0.931. The van der Waals surface area contributed by atoms with Gasteiger partial charge in [-0.15, -0.1) is 0 Å². The lowest BCUT2D eigenvalue weighted by Crippen LogP contribution is -2.58. The molecule has 0 aromatic carbocycles. The zero-order valence-corrected chi connectivity index (χ0v) is 54.7. The van der Waals surface area contributed by atoms with Crippen molar-refractivity contribution in [2.75, 3.05) is 197 Å². The van der Waals surface area contributed by atoms with Crippen LogP contribution in [-0.4, -0.2) is 323 Å². The number of carboxylic acid groups (broad SMARTS) is 1. The van der Waals surface area contributed by atoms with Crippen LogP contribution in [0.25, 0.3) is 0 Å². The van der Waals surface area contributed by atoms with Gasteiger partial charge in [-0.1, -0.05) is 6.42 Å². The van der Waals surface area contributed by atoms with Crippen molar-refractivity contribution in [2.45, 2.75) is 144 Å². The number of carbonyl (C=O) groups is 4. The zero-order chi connectivity index (χ0) is 66.7. The molecule has 2 aliphatic carbocycles. The lowest BCUT2D eigenvalue weighted by molar-refractivity contribution is -0.146. The van der Waals surface area contributed by atoms with Crippen LogP contribution in [0.2, 0.25) is 0 Å². The highest BCUT2D eigenvalue weighted by Gasteiger charge is 2.39. The number of aliphatic carboxylic acids is 1. The lowest BCUT2D eigenvalue weighted by atomic mass is 9.84. The summed E-state index contributed by atoms with van der Waals surface area (Å²) < 4.78 is 72.1. The molecule has 1 heterocycles. The Labute approximate surface area is 546 Å². The summed E-state index contributed by atoms with van der Waals surface area (Å²) >= 11 is 1.41. The van der Waals surface area contributed by atoms with E-state index >= 15 is 0 Å². The first-order valence-corrected chi connectivity index (χ1v) is 33.6. The van der Waals surface area contributed by atoms with Crippen molar-refractivity contribution in [2.24, 2.45) is 23.1 Å². The van der Waals surface area contributed by atoms with Crippen LogP contribution in [0.15, 0.2) is 0 Å². The van der Waals surface area contributed by atoms with Gasteiger partial charge < -0.3 is 120 Å². The quantitative estimate of drug-likeness (QED) is 0.0201. The molecule has 0 aromatic rings. The Balaban J connectivity index is 0.945. The van der Waals surface area contributed by atoms with Crippen LogP contribution in [0.4, 0.5) is 0 Å². The van der Waals surface area contributed by atoms with E-state index in [0.29, 0.717) is 229 Å². The Morgan fingerprint density at radius 3 is 1.51 bits per heavy atom. The predicted octanol–water partition coefficient (Wildman–Crippen LogP) is -4.63. The number of carbonyl (C=O) groups excluding carboxylic acids is 3. The van der Waals surface area contributed by atoms with Gasteiger partial charge in [0, 0.05) is 62.0 Å². The van der Waals surface area contributed by atoms with Gasteiger partial charge >= 0.3 is 5.97 Å². The van der Waals surface area contributed by atoms with Gasteiger partial charge in [-0.2, -0.15) is 11.8 Å². The van der Waals surface area contributed by atoms with Gasteiger partial charge in [0.15, 0.2) is 6.04 Å². The number of aliphatic hydroxyl groups is 5. The summed E-state index contributed by atoms with van der Waals surface area (Å²) in [6.45, 7) is 11.0. The summed E-state index contributed by atoms with van der Waals surface area (Å²) in [4.78, 5) is 49.3. The maximum absolute atomic E-state index is 12.6. The molecule has 2 saturated carbocycles. The van der Waals surface area contributed by atoms with E-state index < -0.39 is 61.3 Å². The van der Waals surface area contributed by atoms with Gasteiger partial charge in [0.05, 0.1) is 178 Å². The zero-order valence-electron chi connectivity index (χ0n) is 53.8. The van der Waals surface area contributed by atoms with Crippen molar-refractivity contribution in [1.82, 2.24) is 36.8 Å². The Bertz CT molecular complexity index is 1840. The topological polar surface area (TPSA) is 463 Å². The standard InChI is InChI=1S/C58H114N10O23S/c59-48(69)10-39-92-47-41-52(73)68(56(47)76)13-8-49(70)62-11-15-80-18-20-82-22-24-84-26-28-86-30-32-88-34-36-90-38-37-89-35-33-87-31-29-85-27-25-83-23-21-81-19-17-79-14-9-50(71)63-12-16-91-46-6-4-44(5-7-46)65-55(75)53(57(77)78)67-51(72)42-64-54(74)43-2-1-3-45(40-43)66-58(60)61/h43-47,49,52-56,58,62,64-66,70,73-76H,1-42,60-61H2,(H2,59,69)(H,63,71)(H,67,72)(H,77,78)/t43-,44?,45?,46?,47?,49?,52?,53?,54?,55?,56?/m1/s1. The Kier molecular flexibility index (Phi) is 50.1. The number of hydrogen-bond donors (Lipinski definition) is 15. The van der Waals surface area contributed by atoms with Crippen LogP contribution < -0.4 is 49.1 Å². The van der Waals surface area contributed by atoms with E-state index in [1.807, 2.05) is 0 Å². The van der Waals surface area contributed by atoms with Gasteiger partial charge in [-0.25, -0.2) is 4.79 Å². The van der Waals surface area contributed by atoms with Crippen LogP contribution in [0, 0.1) is 5.92 Å². The first-order chi connectivity index (χ1) is 44.6. The fourth-order valence-electron chi connectivity index (χ4n) is 10.00. The molecule has 1 saturated heterocycles. The highest BCUT2D eigenvalue weighted by molar-refractivity contribution is 8.00. The van der Waals surface area contributed by atoms with E-state index in [4.69, 9.17) is 78.8 Å². The molecule has 1 aliphatic heterocycles. The third-order valence-corrected chi connectivity index (χ3v) is 16.2. The molecule has 33 nitrogen and oxygen atoms in total. The highest BCUT2D eigenvalue weighted by Crippen LogP contribution is 2.32. The Morgan fingerprint density at radius 2 is 1.03 bits per heavy atom. The molecule has 34 heteroatoms. The van der Waals surface area contributed by atoms with Crippen molar-refractivity contribution in [3.8, 4) is 0 Å². The molecule has 0 bridgehead atoms. The van der Waals surface area contributed by atoms with Crippen molar-refractivity contribution in [3.05, 3.63) is 0 Å². The van der Waals surface area contributed by atoms with Crippen LogP contribution in [0.3, 0.4) is 0 Å². The van der Waals surface area contributed by atoms with Gasteiger partial charge in [0.25, 0.3) is 0 Å². The van der Waals surface area contributed by atoms with Crippen molar-refractivity contribution >= 4 is 35.5 Å². The Morgan fingerprint density at radius 1 is 0.543 bits per heavy atom. The van der Waals surface area contributed by atoms with E-state index in [2.05, 4.69) is 31.9 Å². The number of nitrogens with one attached hydrogen (secondary N) is 6. The highest BCUT2D eigenvalue weighted by atomic mass is 32.2. The fourth-order valence-corrected chi connectivity index (χ4v) is 11.3. The van der Waals surface area contributed by atoms with Crippen LogP contribution in [-0.2, 0) is 80.8 Å². The van der Waals surface area contributed by atoms with Gasteiger partial charge in [-0.05, 0) is 57.3 Å². The average Bonchev–Trinajstić information content (AvgIpc) is 1.95. The molecular weight excluding hydrogens is 1240 g/mol. The number of thioether (sulfide) groups is 1. The van der Waals surface area contributed by atoms with E-state index in [9.17, 15) is 49.8 Å². The number of likely N-dealkylation sites (tertiary alicyclic amines) is 1. The number of amides is 3. The first-order valence-electron chi connectivity index (χ1n) is 32.5. The molecule has 0 radical (unpaired) electrons. The molecule has 18 N–H and O–H groups in total. The summed E-state index contributed by atoms with van der Waals surface area (Å²) in [6.07, 6.45) is 1.00. The second-order valence-electron chi connectivity index (χ2n) is 22.2. The molecule has 0 spiro atoms. The van der Waals surface area contributed by atoms with E-state index in [1.54, 1.807) is 4.90 Å². The third kappa shape index (κ3) is 43.4. The number of nitrogens with two attached hydrogens (primary N) is 3. The number of ether oxygens (including phenoxy) is 13. The maximum atomic E-state index is 12.6. The number of rotatable bonds is 62. The summed E-state index contributed by atoms with van der Waals surface area (Å²) in [5.74, 6) is -2.30. The summed E-state index contributed by atoms with van der Waals surface area (Å²) in [7, 11) is 0. The molecular formula is C58H114N10O23S. The largest absolute Gasteiger partial charge is 0.480 e. The van der Waals surface area contributed by atoms with Crippen molar-refractivity contribution in [1.29, 1.82) is 0 Å². The third-order valence-electron chi connectivity index (χ3n) is 14.8. The van der Waals surface area contributed by atoms with Crippen molar-refractivity contribution in [3.63, 3.8) is 0 Å². The minimum Gasteiger partial charge on any atom is -0.480 e. The van der Waals surface area contributed by atoms with Crippen LogP contribution in [0.1, 0.15) is 77.0 Å². The number of nitrogens with zero attached hydrogens (tertiary/aromatic N) is 1. The molecule has 92 heavy (non-hydrogen) atoms. The number of carboxylic acids is 1. The summed E-state index contributed by atoms with van der Waals surface area (Å²) in [5, 5.41) is 78.7. The van der Waals surface area contributed by atoms with Gasteiger partial charge in [0.2, 0.25) is 17.7 Å². The SMILES string of the molecule is NC(=O)CCSC1CC(O)N(CCC(O)NCCOCCOCCOCCOCCOCCOCCOCCOCCOCCOCCOCCOCCC(=O)NCCOC2CCC(NC(O)C(NC(=O)CNC(O)[C@@H]3CCCC(NC(N)N)C3)C(=O)O)CC2)C1O. The van der Waals surface area contributed by atoms with Crippen LogP contribution in [0.5, 0.6) is 0 Å². The van der Waals surface area contributed by atoms with E-state index in [0.717, 1.165) is 19.3 Å². The molecule has 3 fully saturated rings. The number of hydrogen-bond acceptors (Lipinski definition) is 30. The molecule has 540 valence electrons. The first kappa shape index (κ1) is 83.5. The molecule has 8 unspecified atom stereocenters. The predicted molar refractivity (Wildman–Crippen MR) is 335 cm³/mol. The lowest BCUT2D eigenvalue weighted by Gasteiger charge is -2.34. The average molecular weight is 1350 g/mol. The molecule has 9 atom stereocenters. The molecule has 3 amide bonds. The second-order valence-corrected chi connectivity index (χ2v) is 23.5. The van der Waals surface area contributed by atoms with Gasteiger partial charge in [0.1, 0.15) is 37.4 Å². The maximum Gasteiger partial charge on any atom is 0.330 e. The minimum atomic E-state index is -1.60. The molecule has 0 aromatic heterocycles.